The highest BCUT2D eigenvalue weighted by Crippen LogP contribution is 2.81. The number of hydrogen-bond donors (Lipinski definition) is 1. The molecule has 3 saturated carbocycles. The average Bonchev–Trinajstić information content (AvgIpc) is 3.31. The molecular weight excluding hydrogens is 612 g/mol. The van der Waals surface area contributed by atoms with E-state index < -0.39 is 69.2 Å². The molecule has 7 fully saturated rings. The van der Waals surface area contributed by atoms with Gasteiger partial charge in [0, 0.05) is 28.2 Å². The summed E-state index contributed by atoms with van der Waals surface area (Å²) < 4.78 is 32.4. The number of carbonyl (C=O) groups is 3. The van der Waals surface area contributed by atoms with Gasteiger partial charge in [0.1, 0.15) is 30.2 Å². The Hall–Kier alpha value is -2.23. The normalized spacial score (nSPS) is 46.8. The Kier molecular flexibility index (Phi) is 7.30. The Bertz CT molecular complexity index is 1510. The van der Waals surface area contributed by atoms with Gasteiger partial charge in [0.05, 0.1) is 29.3 Å². The first-order valence-corrected chi connectivity index (χ1v) is 18.8. The van der Waals surface area contributed by atoms with Crippen molar-refractivity contribution in [1.29, 1.82) is 0 Å². The number of cyclic esters (lactones) is 2. The number of aliphatic hydroxyl groups is 1. The summed E-state index contributed by atoms with van der Waals surface area (Å²) in [5, 5.41) is 12.6. The van der Waals surface area contributed by atoms with E-state index in [-0.39, 0.29) is 24.3 Å². The van der Waals surface area contributed by atoms with Crippen LogP contribution >= 0.6 is 0 Å². The molecule has 7 aliphatic rings. The van der Waals surface area contributed by atoms with Crippen molar-refractivity contribution in [3.05, 3.63) is 23.7 Å². The lowest BCUT2D eigenvalue weighted by Crippen LogP contribution is -2.77. The number of ketones is 1. The van der Waals surface area contributed by atoms with E-state index in [1.165, 1.54) is 0 Å². The third kappa shape index (κ3) is 3.77. The van der Waals surface area contributed by atoms with Gasteiger partial charge in [-0.25, -0.2) is 4.79 Å². The van der Waals surface area contributed by atoms with Crippen LogP contribution in [-0.4, -0.2) is 58.9 Å². The summed E-state index contributed by atoms with van der Waals surface area (Å²) in [5.74, 6) is -0.656. The number of carbonyl (C=O) groups excluding carboxylic acids is 3. The number of hydrogen-bond acceptors (Lipinski definition) is 9. The second-order valence-electron chi connectivity index (χ2n) is 17.6. The fourth-order valence-corrected chi connectivity index (χ4v) is 12.7. The van der Waals surface area contributed by atoms with Crippen LogP contribution in [0.5, 0.6) is 0 Å². The van der Waals surface area contributed by atoms with Crippen LogP contribution in [0.25, 0.3) is 0 Å². The predicted octanol–water partition coefficient (Wildman–Crippen LogP) is 6.43. The van der Waals surface area contributed by atoms with Crippen molar-refractivity contribution in [3.63, 3.8) is 0 Å². The van der Waals surface area contributed by atoms with E-state index in [1.807, 2.05) is 19.9 Å². The van der Waals surface area contributed by atoms with Crippen molar-refractivity contribution >= 4 is 17.7 Å². The number of aryl methyl sites for hydroxylation is 1. The van der Waals surface area contributed by atoms with E-state index in [2.05, 4.69) is 27.7 Å². The first kappa shape index (κ1) is 32.9. The molecule has 0 amide bonds. The lowest BCUT2D eigenvalue weighted by molar-refractivity contribution is -0.264. The van der Waals surface area contributed by atoms with E-state index in [4.69, 9.17) is 23.4 Å². The minimum absolute atomic E-state index is 0.0769. The summed E-state index contributed by atoms with van der Waals surface area (Å²) in [6.07, 6.45) is 8.04. The zero-order chi connectivity index (χ0) is 34.1. The SMILES string of the molecule is CCCCCc1occc1C1OC(=O)C2OC23C1(C)CCC1C24COC(=O)C5(CCCC5)C2OC(C)(CCC(C)C)C4C(=O)C(O)C13C. The van der Waals surface area contributed by atoms with Gasteiger partial charge in [0.25, 0.3) is 0 Å². The minimum Gasteiger partial charge on any atom is -0.469 e. The molecule has 4 aliphatic heterocycles. The van der Waals surface area contributed by atoms with Gasteiger partial charge in [0.2, 0.25) is 0 Å². The Balaban J connectivity index is 1.27. The zero-order valence-corrected chi connectivity index (χ0v) is 29.6. The van der Waals surface area contributed by atoms with E-state index >= 15 is 4.79 Å². The number of epoxide rings is 1. The van der Waals surface area contributed by atoms with Crippen LogP contribution in [0.3, 0.4) is 0 Å². The van der Waals surface area contributed by atoms with Crippen molar-refractivity contribution in [1.82, 2.24) is 0 Å². The summed E-state index contributed by atoms with van der Waals surface area (Å²) >= 11 is 0. The highest BCUT2D eigenvalue weighted by Gasteiger charge is 2.91. The van der Waals surface area contributed by atoms with Gasteiger partial charge in [-0.2, -0.15) is 0 Å². The third-order valence-electron chi connectivity index (χ3n) is 14.9. The Labute approximate surface area is 284 Å². The maximum Gasteiger partial charge on any atom is 0.339 e. The third-order valence-corrected chi connectivity index (χ3v) is 14.9. The van der Waals surface area contributed by atoms with Gasteiger partial charge in [-0.05, 0) is 69.8 Å². The first-order chi connectivity index (χ1) is 22.8. The molecule has 5 heterocycles. The van der Waals surface area contributed by atoms with Crippen LogP contribution in [0, 0.1) is 39.4 Å². The minimum atomic E-state index is -1.39. The molecule has 0 radical (unpaired) electrons. The smallest absolute Gasteiger partial charge is 0.339 e. The summed E-state index contributed by atoms with van der Waals surface area (Å²) in [5.41, 5.74) is -4.73. The molecule has 0 aromatic carbocycles. The van der Waals surface area contributed by atoms with Crippen molar-refractivity contribution in [2.24, 2.45) is 39.4 Å². The number of aliphatic hydroxyl groups excluding tert-OH is 1. The highest BCUT2D eigenvalue weighted by molar-refractivity contribution is 5.92. The Morgan fingerprint density at radius 1 is 1.00 bits per heavy atom. The maximum atomic E-state index is 15.1. The van der Waals surface area contributed by atoms with Crippen molar-refractivity contribution in [2.75, 3.05) is 6.61 Å². The first-order valence-electron chi connectivity index (χ1n) is 18.8. The lowest BCUT2D eigenvalue weighted by atomic mass is 9.35. The molecule has 3 spiro atoms. The van der Waals surface area contributed by atoms with E-state index in [0.717, 1.165) is 56.3 Å². The molecule has 1 aromatic rings. The van der Waals surface area contributed by atoms with E-state index in [1.54, 1.807) is 6.26 Å². The Morgan fingerprint density at radius 3 is 2.46 bits per heavy atom. The van der Waals surface area contributed by atoms with Gasteiger partial charge in [-0.15, -0.1) is 0 Å². The zero-order valence-electron chi connectivity index (χ0n) is 29.6. The monoisotopic (exact) mass is 666 g/mol. The average molecular weight is 667 g/mol. The fourth-order valence-electron chi connectivity index (χ4n) is 12.7. The molecule has 264 valence electrons. The number of ether oxygens (including phenoxy) is 4. The molecule has 8 rings (SSSR count). The van der Waals surface area contributed by atoms with Gasteiger partial charge in [-0.1, -0.05) is 60.3 Å². The number of unbranched alkanes of at least 4 members (excludes halogenated alkanes) is 2. The molecular formula is C39H54O9. The van der Waals surface area contributed by atoms with E-state index in [9.17, 15) is 14.7 Å². The van der Waals surface area contributed by atoms with Crippen molar-refractivity contribution < 1.29 is 42.9 Å². The van der Waals surface area contributed by atoms with Crippen LogP contribution in [0.15, 0.2) is 16.7 Å². The van der Waals surface area contributed by atoms with Crippen LogP contribution in [0.4, 0.5) is 0 Å². The second kappa shape index (κ2) is 10.6. The summed E-state index contributed by atoms with van der Waals surface area (Å²) in [6, 6.07) is 1.91. The molecule has 4 saturated heterocycles. The summed E-state index contributed by atoms with van der Waals surface area (Å²) in [7, 11) is 0. The van der Waals surface area contributed by atoms with Gasteiger partial charge in [-0.3, -0.25) is 9.59 Å². The quantitative estimate of drug-likeness (QED) is 0.190. The molecule has 11 atom stereocenters. The second-order valence-corrected chi connectivity index (χ2v) is 17.6. The maximum absolute atomic E-state index is 15.1. The summed E-state index contributed by atoms with van der Waals surface area (Å²) in [6.45, 7) is 12.7. The number of furan rings is 1. The molecule has 48 heavy (non-hydrogen) atoms. The lowest BCUT2D eigenvalue weighted by Gasteiger charge is -2.67. The van der Waals surface area contributed by atoms with Crippen LogP contribution in [0.1, 0.15) is 130 Å². The van der Waals surface area contributed by atoms with Gasteiger partial charge in [0.15, 0.2) is 11.9 Å². The molecule has 0 bridgehead atoms. The number of Topliss-reactive ketones (excluding diaryl/α,β-unsaturated/α-hetero) is 1. The van der Waals surface area contributed by atoms with Crippen LogP contribution in [0.2, 0.25) is 0 Å². The summed E-state index contributed by atoms with van der Waals surface area (Å²) in [4.78, 5) is 42.9. The molecule has 3 aliphatic carbocycles. The van der Waals surface area contributed by atoms with Crippen LogP contribution < -0.4 is 0 Å². The number of esters is 2. The van der Waals surface area contributed by atoms with Crippen LogP contribution in [-0.2, 0) is 39.8 Å². The molecule has 9 nitrogen and oxygen atoms in total. The standard InChI is InChI=1S/C39H54O9/c1-7-8-9-12-24-23(15-20-44-24)29-34(4)18-14-25-36(6,39(34)30(47-39)31(42)46-29)28(41)26(40)27-35(5,19-13-22(2)3)48-32-37(16-10-11-17-37)33(43)45-21-38(25,27)32/h15,20,22,25,27-30,32,41H,7-14,16-19,21H2,1-6H3. The molecule has 1 aromatic heterocycles. The Morgan fingerprint density at radius 2 is 1.75 bits per heavy atom. The largest absolute Gasteiger partial charge is 0.469 e. The number of fused-ring (bicyclic) bond motifs is 2. The number of rotatable bonds is 8. The topological polar surface area (TPSA) is 125 Å². The van der Waals surface area contributed by atoms with Crippen molar-refractivity contribution in [2.45, 2.75) is 154 Å². The molecule has 1 N–H and O–H groups in total. The molecule has 9 heteroatoms. The van der Waals surface area contributed by atoms with Crippen molar-refractivity contribution in [3.8, 4) is 0 Å². The fraction of sp³-hybridized carbons (Fsp3) is 0.821. The molecule has 11 unspecified atom stereocenters. The highest BCUT2D eigenvalue weighted by atomic mass is 16.7. The predicted molar refractivity (Wildman–Crippen MR) is 173 cm³/mol. The van der Waals surface area contributed by atoms with Gasteiger partial charge < -0.3 is 28.5 Å². The van der Waals surface area contributed by atoms with E-state index in [0.29, 0.717) is 38.0 Å². The van der Waals surface area contributed by atoms with Gasteiger partial charge >= 0.3 is 11.9 Å².